The van der Waals surface area contributed by atoms with Crippen LogP contribution in [-0.4, -0.2) is 33.5 Å². The van der Waals surface area contributed by atoms with Gasteiger partial charge in [0.1, 0.15) is 5.82 Å². The monoisotopic (exact) mass is 262 g/mol. The number of nitrogen functional groups attached to an aromatic ring is 1. The van der Waals surface area contributed by atoms with Crippen LogP contribution >= 0.6 is 11.6 Å². The highest BCUT2D eigenvalue weighted by molar-refractivity contribution is 6.31. The maximum atomic E-state index is 13.2. The molecule has 0 aliphatic heterocycles. The van der Waals surface area contributed by atoms with Crippen LogP contribution in [0.25, 0.3) is 0 Å². The van der Waals surface area contributed by atoms with Gasteiger partial charge in [0.25, 0.3) is 0 Å². The summed E-state index contributed by atoms with van der Waals surface area (Å²) in [6.45, 7) is 0.912. The molecule has 0 bridgehead atoms. The largest absolute Gasteiger partial charge is 0.397 e. The van der Waals surface area contributed by atoms with Crippen LogP contribution in [0.4, 0.5) is 15.8 Å². The average Bonchev–Trinajstić information content (AvgIpc) is 2.30. The van der Waals surface area contributed by atoms with Gasteiger partial charge in [-0.25, -0.2) is 4.39 Å². The van der Waals surface area contributed by atoms with E-state index in [1.54, 1.807) is 14.2 Å². The summed E-state index contributed by atoms with van der Waals surface area (Å²) in [5, 5.41) is 3.00. The first kappa shape index (κ1) is 14.0. The predicted molar refractivity (Wildman–Crippen MR) is 67.0 cm³/mol. The SMILES string of the molecule is COCC(CNc1cc(F)c(Cl)cc1N)OC. The quantitative estimate of drug-likeness (QED) is 0.771. The molecule has 0 aliphatic rings. The van der Waals surface area contributed by atoms with E-state index in [4.69, 9.17) is 26.8 Å². The van der Waals surface area contributed by atoms with E-state index in [-0.39, 0.29) is 11.1 Å². The molecule has 0 saturated heterocycles. The highest BCUT2D eigenvalue weighted by Crippen LogP contribution is 2.26. The van der Waals surface area contributed by atoms with E-state index in [0.29, 0.717) is 24.5 Å². The number of ether oxygens (including phenoxy) is 2. The van der Waals surface area contributed by atoms with Crippen LogP contribution < -0.4 is 11.1 Å². The second-order valence-electron chi connectivity index (χ2n) is 3.55. The van der Waals surface area contributed by atoms with Gasteiger partial charge in [0.15, 0.2) is 0 Å². The summed E-state index contributed by atoms with van der Waals surface area (Å²) < 4.78 is 23.4. The lowest BCUT2D eigenvalue weighted by molar-refractivity contribution is 0.0366. The summed E-state index contributed by atoms with van der Waals surface area (Å²) in [5.41, 5.74) is 6.59. The van der Waals surface area contributed by atoms with Gasteiger partial charge in [0.2, 0.25) is 0 Å². The molecule has 6 heteroatoms. The maximum Gasteiger partial charge on any atom is 0.143 e. The molecular formula is C11H16ClFN2O2. The summed E-state index contributed by atoms with van der Waals surface area (Å²) in [5.74, 6) is -0.510. The molecule has 0 heterocycles. The lowest BCUT2D eigenvalue weighted by Gasteiger charge is -2.17. The molecular weight excluding hydrogens is 247 g/mol. The van der Waals surface area contributed by atoms with Crippen molar-refractivity contribution in [3.8, 4) is 0 Å². The lowest BCUT2D eigenvalue weighted by atomic mass is 10.2. The fraction of sp³-hybridized carbons (Fsp3) is 0.455. The van der Waals surface area contributed by atoms with Crippen LogP contribution in [0.15, 0.2) is 12.1 Å². The van der Waals surface area contributed by atoms with Gasteiger partial charge in [0, 0.05) is 26.8 Å². The summed E-state index contributed by atoms with van der Waals surface area (Å²) in [6.07, 6.45) is -0.127. The third-order valence-corrected chi connectivity index (χ3v) is 2.59. The Kier molecular flexibility index (Phi) is 5.47. The minimum absolute atomic E-state index is 0.00762. The summed E-state index contributed by atoms with van der Waals surface area (Å²) in [4.78, 5) is 0. The van der Waals surface area contributed by atoms with E-state index in [1.807, 2.05) is 0 Å². The molecule has 0 radical (unpaired) electrons. The van der Waals surface area contributed by atoms with Gasteiger partial charge in [-0.15, -0.1) is 0 Å². The fourth-order valence-corrected chi connectivity index (χ4v) is 1.51. The number of nitrogens with two attached hydrogens (primary N) is 1. The Bertz CT molecular complexity index is 377. The molecule has 1 aromatic rings. The molecule has 0 aliphatic carbocycles. The number of nitrogens with one attached hydrogen (secondary N) is 1. The Balaban J connectivity index is 2.65. The Hall–Kier alpha value is -1.04. The highest BCUT2D eigenvalue weighted by Gasteiger charge is 2.10. The Morgan fingerprint density at radius 2 is 2.18 bits per heavy atom. The van der Waals surface area contributed by atoms with Gasteiger partial charge in [-0.1, -0.05) is 11.6 Å². The van der Waals surface area contributed by atoms with E-state index < -0.39 is 5.82 Å². The summed E-state index contributed by atoms with van der Waals surface area (Å²) >= 11 is 5.60. The first-order valence-electron chi connectivity index (χ1n) is 5.08. The van der Waals surface area contributed by atoms with Crippen molar-refractivity contribution in [1.29, 1.82) is 0 Å². The van der Waals surface area contributed by atoms with Crippen molar-refractivity contribution in [2.24, 2.45) is 0 Å². The van der Waals surface area contributed by atoms with Crippen molar-refractivity contribution in [2.45, 2.75) is 6.10 Å². The van der Waals surface area contributed by atoms with Crippen molar-refractivity contribution < 1.29 is 13.9 Å². The van der Waals surface area contributed by atoms with Gasteiger partial charge in [-0.05, 0) is 6.07 Å². The van der Waals surface area contributed by atoms with E-state index in [2.05, 4.69) is 5.32 Å². The standard InChI is InChI=1S/C11H16ClFN2O2/c1-16-6-7(17-2)5-15-11-4-9(13)8(12)3-10(11)14/h3-4,7,15H,5-6,14H2,1-2H3. The van der Waals surface area contributed by atoms with Crippen LogP contribution in [0.1, 0.15) is 0 Å². The molecule has 17 heavy (non-hydrogen) atoms. The minimum Gasteiger partial charge on any atom is -0.397 e. The smallest absolute Gasteiger partial charge is 0.143 e. The van der Waals surface area contributed by atoms with Crippen molar-refractivity contribution >= 4 is 23.0 Å². The lowest BCUT2D eigenvalue weighted by Crippen LogP contribution is -2.26. The van der Waals surface area contributed by atoms with E-state index in [1.165, 1.54) is 12.1 Å². The fourth-order valence-electron chi connectivity index (χ4n) is 1.34. The minimum atomic E-state index is -0.510. The molecule has 3 N–H and O–H groups in total. The molecule has 0 aromatic heterocycles. The number of benzene rings is 1. The molecule has 96 valence electrons. The molecule has 4 nitrogen and oxygen atoms in total. The molecule has 1 atom stereocenters. The first-order valence-corrected chi connectivity index (χ1v) is 5.46. The zero-order valence-corrected chi connectivity index (χ0v) is 10.6. The average molecular weight is 263 g/mol. The van der Waals surface area contributed by atoms with Gasteiger partial charge in [-0.2, -0.15) is 0 Å². The summed E-state index contributed by atoms with van der Waals surface area (Å²) in [6, 6.07) is 2.63. The van der Waals surface area contributed by atoms with Crippen LogP contribution in [0.2, 0.25) is 5.02 Å². The molecule has 1 unspecified atom stereocenters. The van der Waals surface area contributed by atoms with E-state index in [0.717, 1.165) is 0 Å². The number of hydrogen-bond donors (Lipinski definition) is 2. The molecule has 0 fully saturated rings. The van der Waals surface area contributed by atoms with Crippen molar-refractivity contribution in [2.75, 3.05) is 38.4 Å². The van der Waals surface area contributed by atoms with Crippen LogP contribution in [0.3, 0.4) is 0 Å². The van der Waals surface area contributed by atoms with E-state index in [9.17, 15) is 4.39 Å². The third-order valence-electron chi connectivity index (χ3n) is 2.30. The van der Waals surface area contributed by atoms with Crippen molar-refractivity contribution in [1.82, 2.24) is 0 Å². The number of hydrogen-bond acceptors (Lipinski definition) is 4. The predicted octanol–water partition coefficient (Wildman–Crippen LogP) is 2.13. The van der Waals surface area contributed by atoms with Crippen molar-refractivity contribution in [3.63, 3.8) is 0 Å². The molecule has 0 spiro atoms. The summed E-state index contributed by atoms with van der Waals surface area (Å²) in [7, 11) is 3.17. The van der Waals surface area contributed by atoms with Crippen LogP contribution in [0, 0.1) is 5.82 Å². The third kappa shape index (κ3) is 4.03. The van der Waals surface area contributed by atoms with Gasteiger partial charge in [0.05, 0.1) is 29.1 Å². The molecule has 0 amide bonds. The van der Waals surface area contributed by atoms with E-state index >= 15 is 0 Å². The zero-order chi connectivity index (χ0) is 12.8. The molecule has 1 rings (SSSR count). The number of anilines is 2. The second kappa shape index (κ2) is 6.64. The Labute approximate surface area is 105 Å². The number of halogens is 2. The number of methoxy groups -OCH3 is 2. The van der Waals surface area contributed by atoms with Crippen molar-refractivity contribution in [3.05, 3.63) is 23.0 Å². The van der Waals surface area contributed by atoms with Gasteiger partial charge in [-0.3, -0.25) is 0 Å². The topological polar surface area (TPSA) is 56.5 Å². The first-order chi connectivity index (χ1) is 8.08. The number of rotatable bonds is 6. The normalized spacial score (nSPS) is 12.5. The molecule has 1 aromatic carbocycles. The molecule has 0 saturated carbocycles. The second-order valence-corrected chi connectivity index (χ2v) is 3.95. The maximum absolute atomic E-state index is 13.2. The Morgan fingerprint density at radius 1 is 1.47 bits per heavy atom. The van der Waals surface area contributed by atoms with Gasteiger partial charge >= 0.3 is 0 Å². The van der Waals surface area contributed by atoms with Crippen LogP contribution in [-0.2, 0) is 9.47 Å². The zero-order valence-electron chi connectivity index (χ0n) is 9.80. The highest BCUT2D eigenvalue weighted by atomic mass is 35.5. The van der Waals surface area contributed by atoms with Gasteiger partial charge < -0.3 is 20.5 Å². The van der Waals surface area contributed by atoms with Crippen LogP contribution in [0.5, 0.6) is 0 Å². The Morgan fingerprint density at radius 3 is 2.76 bits per heavy atom.